The highest BCUT2D eigenvalue weighted by Crippen LogP contribution is 2.40. The number of hydrazine groups is 1. The summed E-state index contributed by atoms with van der Waals surface area (Å²) in [6.45, 7) is 7.70. The molecule has 1 heterocycles. The Morgan fingerprint density at radius 1 is 1.07 bits per heavy atom. The number of alkyl halides is 6. The van der Waals surface area contributed by atoms with Crippen LogP contribution in [0.3, 0.4) is 0 Å². The normalized spacial score (nSPS) is 14.0. The number of carbonyl (C=O) groups excluding carboxylic acids is 2. The van der Waals surface area contributed by atoms with Crippen molar-refractivity contribution < 1.29 is 45.4 Å². The van der Waals surface area contributed by atoms with Gasteiger partial charge >= 0.3 is 12.4 Å². The number of amides is 2. The Hall–Kier alpha value is -3.39. The van der Waals surface area contributed by atoms with E-state index in [1.54, 1.807) is 29.1 Å². The van der Waals surface area contributed by atoms with Gasteiger partial charge in [0.2, 0.25) is 11.5 Å². The third-order valence-electron chi connectivity index (χ3n) is 5.42. The predicted molar refractivity (Wildman–Crippen MR) is 137 cm³/mol. The molecule has 2 amide bonds. The molecule has 2 N–H and O–H groups in total. The molecule has 0 aliphatic carbocycles. The van der Waals surface area contributed by atoms with Crippen LogP contribution in [0.25, 0.3) is 0 Å². The molecule has 1 unspecified atom stereocenters. The van der Waals surface area contributed by atoms with Crippen molar-refractivity contribution in [2.45, 2.75) is 56.9 Å². The zero-order valence-electron chi connectivity index (χ0n) is 21.2. The lowest BCUT2D eigenvalue weighted by atomic mass is 9.95. The number of hydrogen-bond acceptors (Lipinski definition) is 5. The van der Waals surface area contributed by atoms with Crippen LogP contribution in [-0.4, -0.2) is 34.7 Å². The molecule has 14 heteroatoms. The average Bonchev–Trinajstić information content (AvgIpc) is 2.87. The summed E-state index contributed by atoms with van der Waals surface area (Å²) in [5, 5.41) is 0. The van der Waals surface area contributed by atoms with E-state index in [1.807, 2.05) is 0 Å². The fourth-order valence-electron chi connectivity index (χ4n) is 3.36. The van der Waals surface area contributed by atoms with E-state index in [2.05, 4.69) is 34.1 Å². The summed E-state index contributed by atoms with van der Waals surface area (Å²) in [5.41, 5.74) is -1.60. The highest BCUT2D eigenvalue weighted by atomic mass is 79.9. The van der Waals surface area contributed by atoms with E-state index in [1.165, 1.54) is 25.1 Å². The first kappa shape index (κ1) is 32.8. The van der Waals surface area contributed by atoms with Gasteiger partial charge < -0.3 is 9.47 Å². The lowest BCUT2D eigenvalue weighted by molar-refractivity contribution is -0.273. The topological polar surface area (TPSA) is 89.6 Å². The van der Waals surface area contributed by atoms with Crippen molar-refractivity contribution in [1.82, 2.24) is 15.8 Å². The summed E-state index contributed by atoms with van der Waals surface area (Å²) in [5.74, 6) is -4.02. The minimum Gasteiger partial charge on any atom is -0.474 e. The molecule has 0 aliphatic rings. The largest absolute Gasteiger partial charge is 0.474 e. The summed E-state index contributed by atoms with van der Waals surface area (Å²) >= 11 is 2.81. The maximum atomic E-state index is 14.3. The molecule has 218 valence electrons. The Morgan fingerprint density at radius 3 is 2.27 bits per heavy atom. The number of nitrogens with one attached hydrogen (secondary N) is 2. The number of pyridine rings is 1. The molecule has 0 bridgehead atoms. The van der Waals surface area contributed by atoms with E-state index in [9.17, 15) is 35.9 Å². The average molecular weight is 638 g/mol. The fourth-order valence-corrected chi connectivity index (χ4v) is 3.86. The van der Waals surface area contributed by atoms with E-state index in [-0.39, 0.29) is 12.8 Å². The molecule has 2 aromatic rings. The van der Waals surface area contributed by atoms with Gasteiger partial charge in [-0.25, -0.2) is 4.98 Å². The number of rotatable bonds is 12. The summed E-state index contributed by atoms with van der Waals surface area (Å²) in [6.07, 6.45) is -9.36. The summed E-state index contributed by atoms with van der Waals surface area (Å²) < 4.78 is 93.4. The Morgan fingerprint density at radius 2 is 1.73 bits per heavy atom. The number of hydrogen-bond donors (Lipinski definition) is 2. The van der Waals surface area contributed by atoms with Crippen LogP contribution >= 0.6 is 15.9 Å². The molecule has 7 nitrogen and oxygen atoms in total. The van der Waals surface area contributed by atoms with Gasteiger partial charge in [0.1, 0.15) is 17.4 Å². The van der Waals surface area contributed by atoms with Crippen LogP contribution in [0.4, 0.5) is 26.3 Å². The number of halogens is 7. The van der Waals surface area contributed by atoms with E-state index in [4.69, 9.17) is 9.47 Å². The Labute approximate surface area is 234 Å². The molecule has 0 spiro atoms. The number of carbonyl (C=O) groups is 2. The van der Waals surface area contributed by atoms with Crippen molar-refractivity contribution in [2.24, 2.45) is 0 Å². The van der Waals surface area contributed by atoms with Gasteiger partial charge in [0, 0.05) is 10.9 Å². The van der Waals surface area contributed by atoms with Gasteiger partial charge in [0.05, 0.1) is 6.61 Å². The minimum atomic E-state index is -5.23. The minimum absolute atomic E-state index is 0.153. The first-order valence-electron chi connectivity index (χ1n) is 11.7. The van der Waals surface area contributed by atoms with Crippen LogP contribution in [0.15, 0.2) is 66.2 Å². The molecule has 0 saturated heterocycles. The quantitative estimate of drug-likeness (QED) is 0.159. The van der Waals surface area contributed by atoms with Gasteiger partial charge in [0.25, 0.3) is 11.8 Å². The summed E-state index contributed by atoms with van der Waals surface area (Å²) in [7, 11) is 0. The molecule has 0 saturated carbocycles. The highest BCUT2D eigenvalue weighted by Gasteiger charge is 2.61. The third kappa shape index (κ3) is 8.31. The van der Waals surface area contributed by atoms with Crippen molar-refractivity contribution in [3.05, 3.63) is 83.0 Å². The van der Waals surface area contributed by atoms with Crippen LogP contribution in [0.5, 0.6) is 5.88 Å². The van der Waals surface area contributed by atoms with Crippen molar-refractivity contribution in [1.29, 1.82) is 0 Å². The maximum absolute atomic E-state index is 14.3. The van der Waals surface area contributed by atoms with Gasteiger partial charge in [-0.15, -0.1) is 13.2 Å². The third-order valence-corrected chi connectivity index (χ3v) is 6.02. The molecule has 1 aromatic carbocycles. The van der Waals surface area contributed by atoms with Gasteiger partial charge in [-0.2, -0.15) is 26.3 Å². The molecule has 0 fully saturated rings. The molecular formula is C26H26BrF6N3O4. The smallest absolute Gasteiger partial charge is 0.426 e. The number of nitrogens with zero attached hydrogens (tertiary/aromatic N) is 1. The Balaban J connectivity index is 2.35. The van der Waals surface area contributed by atoms with Crippen LogP contribution in [0, 0.1) is 0 Å². The van der Waals surface area contributed by atoms with E-state index in [0.717, 1.165) is 6.08 Å². The SMILES string of the molecule is C=CCCC(OCc1ccccc1)(C(=O)NNC(=O)c1nc(O[C@H](C)CC=C)c(C(F)(F)F)cc1Br)C(F)(F)F. The molecule has 0 aliphatic heterocycles. The van der Waals surface area contributed by atoms with Gasteiger partial charge in [-0.05, 0) is 47.3 Å². The second kappa shape index (κ2) is 13.8. The van der Waals surface area contributed by atoms with Crippen LogP contribution < -0.4 is 15.6 Å². The second-order valence-corrected chi connectivity index (χ2v) is 9.31. The van der Waals surface area contributed by atoms with Crippen molar-refractivity contribution >= 4 is 27.7 Å². The summed E-state index contributed by atoms with van der Waals surface area (Å²) in [4.78, 5) is 29.3. The molecule has 2 atom stereocenters. The first-order valence-corrected chi connectivity index (χ1v) is 12.5. The second-order valence-electron chi connectivity index (χ2n) is 8.46. The number of benzene rings is 1. The maximum Gasteiger partial charge on any atom is 0.426 e. The Kier molecular flexibility index (Phi) is 11.3. The van der Waals surface area contributed by atoms with Crippen molar-refractivity contribution in [3.63, 3.8) is 0 Å². The van der Waals surface area contributed by atoms with E-state index in [0.29, 0.717) is 11.6 Å². The fraction of sp³-hybridized carbons (Fsp3) is 0.346. The van der Waals surface area contributed by atoms with Gasteiger partial charge in [-0.3, -0.25) is 20.4 Å². The van der Waals surface area contributed by atoms with Crippen LogP contribution in [-0.2, 0) is 22.3 Å². The molecule has 2 rings (SSSR count). The van der Waals surface area contributed by atoms with Crippen LogP contribution in [0.1, 0.15) is 47.8 Å². The predicted octanol–water partition coefficient (Wildman–Crippen LogP) is 6.45. The first-order chi connectivity index (χ1) is 18.7. The van der Waals surface area contributed by atoms with Crippen molar-refractivity contribution in [2.75, 3.05) is 0 Å². The van der Waals surface area contributed by atoms with Gasteiger partial charge in [-0.1, -0.05) is 42.5 Å². The van der Waals surface area contributed by atoms with Gasteiger partial charge in [0.15, 0.2) is 0 Å². The highest BCUT2D eigenvalue weighted by molar-refractivity contribution is 9.10. The lowest BCUT2D eigenvalue weighted by Gasteiger charge is -2.34. The zero-order chi connectivity index (χ0) is 30.1. The molecule has 40 heavy (non-hydrogen) atoms. The number of allylic oxidation sites excluding steroid dienone is 1. The zero-order valence-corrected chi connectivity index (χ0v) is 22.8. The van der Waals surface area contributed by atoms with Crippen molar-refractivity contribution in [3.8, 4) is 5.88 Å². The molecular weight excluding hydrogens is 612 g/mol. The van der Waals surface area contributed by atoms with E-state index >= 15 is 0 Å². The Bertz CT molecular complexity index is 1210. The number of ether oxygens (including phenoxy) is 2. The molecule has 0 radical (unpaired) electrons. The lowest BCUT2D eigenvalue weighted by Crippen LogP contribution is -2.61. The summed E-state index contributed by atoms with van der Waals surface area (Å²) in [6, 6.07) is 8.32. The monoisotopic (exact) mass is 637 g/mol. The number of aromatic nitrogens is 1. The van der Waals surface area contributed by atoms with Crippen LogP contribution in [0.2, 0.25) is 0 Å². The molecule has 1 aromatic heterocycles. The standard InChI is InChI=1S/C26H26BrF6N3O4/c1-4-6-13-24(26(31,32)33,39-15-17-11-8-7-9-12-17)23(38)36-35-21(37)20-19(27)14-18(25(28,29)30)22(34-20)40-16(3)10-5-2/h4-5,7-9,11-12,14,16H,1-2,6,10,13,15H2,3H3,(H,35,37)(H,36,38)/t16-,24?/m1/s1. The van der Waals surface area contributed by atoms with E-state index < -0.39 is 70.5 Å².